The lowest BCUT2D eigenvalue weighted by Gasteiger charge is -2.15. The van der Waals surface area contributed by atoms with E-state index in [1.807, 2.05) is 13.8 Å². The van der Waals surface area contributed by atoms with Gasteiger partial charge in [-0.15, -0.1) is 0 Å². The Morgan fingerprint density at radius 2 is 2.20 bits per heavy atom. The summed E-state index contributed by atoms with van der Waals surface area (Å²) in [5.41, 5.74) is 0.614. The van der Waals surface area contributed by atoms with Crippen LogP contribution in [0.2, 0.25) is 5.02 Å². The van der Waals surface area contributed by atoms with Gasteiger partial charge in [0.25, 0.3) is 5.91 Å². The summed E-state index contributed by atoms with van der Waals surface area (Å²) in [6.45, 7) is 6.88. The molecule has 1 aromatic heterocycles. The van der Waals surface area contributed by atoms with Crippen LogP contribution in [-0.2, 0) is 0 Å². The quantitative estimate of drug-likeness (QED) is 0.873. The molecule has 0 aliphatic heterocycles. The Bertz CT molecular complexity index is 498. The molecule has 110 valence electrons. The number of nitrogens with one attached hydrogen (secondary N) is 1. The van der Waals surface area contributed by atoms with Crippen LogP contribution in [0.15, 0.2) is 6.20 Å². The molecule has 20 heavy (non-hydrogen) atoms. The maximum Gasteiger partial charge on any atom is 0.271 e. The van der Waals surface area contributed by atoms with Gasteiger partial charge < -0.3 is 5.32 Å². The fourth-order valence-corrected chi connectivity index (χ4v) is 2.57. The molecule has 1 aliphatic carbocycles. The SMILES string of the molecule is CCCC1(CNC(=O)c2nc(C(C)C)ncc2Cl)CC1. The summed E-state index contributed by atoms with van der Waals surface area (Å²) in [6.07, 6.45) is 6.24. The van der Waals surface area contributed by atoms with Gasteiger partial charge in [-0.25, -0.2) is 9.97 Å². The molecule has 1 N–H and O–H groups in total. The number of hydrogen-bond donors (Lipinski definition) is 1. The molecule has 0 atom stereocenters. The van der Waals surface area contributed by atoms with Crippen molar-refractivity contribution in [3.8, 4) is 0 Å². The van der Waals surface area contributed by atoms with Crippen LogP contribution in [0.25, 0.3) is 0 Å². The van der Waals surface area contributed by atoms with E-state index < -0.39 is 0 Å². The molecule has 1 saturated carbocycles. The van der Waals surface area contributed by atoms with Gasteiger partial charge in [-0.05, 0) is 24.7 Å². The van der Waals surface area contributed by atoms with Crippen LogP contribution in [-0.4, -0.2) is 22.4 Å². The molecule has 0 unspecified atom stereocenters. The number of amides is 1. The molecular weight excluding hydrogens is 274 g/mol. The minimum atomic E-state index is -0.193. The number of rotatable bonds is 6. The van der Waals surface area contributed by atoms with Crippen molar-refractivity contribution >= 4 is 17.5 Å². The van der Waals surface area contributed by atoms with Crippen molar-refractivity contribution in [2.45, 2.75) is 52.4 Å². The first-order chi connectivity index (χ1) is 9.47. The lowest BCUT2D eigenvalue weighted by molar-refractivity contribution is 0.0938. The second-order valence-corrected chi connectivity index (χ2v) is 6.42. The van der Waals surface area contributed by atoms with E-state index in [1.54, 1.807) is 0 Å². The van der Waals surface area contributed by atoms with Crippen molar-refractivity contribution < 1.29 is 4.79 Å². The lowest BCUT2D eigenvalue weighted by Crippen LogP contribution is -2.31. The summed E-state index contributed by atoms with van der Waals surface area (Å²) in [6, 6.07) is 0. The van der Waals surface area contributed by atoms with E-state index >= 15 is 0 Å². The van der Waals surface area contributed by atoms with Crippen LogP contribution in [0.5, 0.6) is 0 Å². The predicted molar refractivity (Wildman–Crippen MR) is 80.0 cm³/mol. The largest absolute Gasteiger partial charge is 0.350 e. The summed E-state index contributed by atoms with van der Waals surface area (Å²) in [5.74, 6) is 0.629. The summed E-state index contributed by atoms with van der Waals surface area (Å²) in [7, 11) is 0. The molecule has 1 aromatic rings. The molecule has 1 fully saturated rings. The number of halogens is 1. The standard InChI is InChI=1S/C15H22ClN3O/c1-4-5-15(6-7-15)9-18-14(20)12-11(16)8-17-13(19-12)10(2)3/h8,10H,4-7,9H2,1-3H3,(H,18,20). The highest BCUT2D eigenvalue weighted by molar-refractivity contribution is 6.33. The van der Waals surface area contributed by atoms with Gasteiger partial charge in [0, 0.05) is 12.5 Å². The normalized spacial score (nSPS) is 16.2. The second kappa shape index (κ2) is 6.08. The van der Waals surface area contributed by atoms with Crippen LogP contribution in [0.1, 0.15) is 68.7 Å². The first-order valence-corrected chi connectivity index (χ1v) is 7.66. The zero-order chi connectivity index (χ0) is 14.8. The zero-order valence-electron chi connectivity index (χ0n) is 12.4. The van der Waals surface area contributed by atoms with Crippen LogP contribution in [0, 0.1) is 5.41 Å². The molecule has 5 heteroatoms. The topological polar surface area (TPSA) is 54.9 Å². The maximum absolute atomic E-state index is 12.2. The van der Waals surface area contributed by atoms with Gasteiger partial charge in [0.1, 0.15) is 11.5 Å². The summed E-state index contributed by atoms with van der Waals surface area (Å²) in [5, 5.41) is 3.29. The third-order valence-electron chi connectivity index (χ3n) is 3.86. The highest BCUT2D eigenvalue weighted by Gasteiger charge is 2.41. The van der Waals surface area contributed by atoms with E-state index in [0.29, 0.717) is 16.3 Å². The van der Waals surface area contributed by atoms with Gasteiger partial charge >= 0.3 is 0 Å². The Morgan fingerprint density at radius 3 is 2.75 bits per heavy atom. The molecule has 0 bridgehead atoms. The molecular formula is C15H22ClN3O. The fourth-order valence-electron chi connectivity index (χ4n) is 2.39. The Hall–Kier alpha value is -1.16. The van der Waals surface area contributed by atoms with E-state index in [-0.39, 0.29) is 17.5 Å². The number of aromatic nitrogens is 2. The summed E-state index contributed by atoms with van der Waals surface area (Å²) < 4.78 is 0. The molecule has 0 saturated heterocycles. The van der Waals surface area contributed by atoms with Gasteiger partial charge in [0.15, 0.2) is 0 Å². The Balaban J connectivity index is 2.03. The van der Waals surface area contributed by atoms with E-state index in [0.717, 1.165) is 13.0 Å². The predicted octanol–water partition coefficient (Wildman–Crippen LogP) is 3.56. The van der Waals surface area contributed by atoms with Gasteiger partial charge in [-0.3, -0.25) is 4.79 Å². The van der Waals surface area contributed by atoms with E-state index in [2.05, 4.69) is 22.2 Å². The number of carbonyl (C=O) groups is 1. The fraction of sp³-hybridized carbons (Fsp3) is 0.667. The van der Waals surface area contributed by atoms with Gasteiger partial charge in [-0.2, -0.15) is 0 Å². The monoisotopic (exact) mass is 295 g/mol. The first-order valence-electron chi connectivity index (χ1n) is 7.28. The van der Waals surface area contributed by atoms with Crippen molar-refractivity contribution in [2.24, 2.45) is 5.41 Å². The highest BCUT2D eigenvalue weighted by atomic mass is 35.5. The van der Waals surface area contributed by atoms with Crippen LogP contribution >= 0.6 is 11.6 Å². The van der Waals surface area contributed by atoms with Crippen LogP contribution < -0.4 is 5.32 Å². The second-order valence-electron chi connectivity index (χ2n) is 6.01. The van der Waals surface area contributed by atoms with E-state index in [4.69, 9.17) is 11.6 Å². The van der Waals surface area contributed by atoms with E-state index in [1.165, 1.54) is 25.5 Å². The average molecular weight is 296 g/mol. The number of nitrogens with zero attached hydrogens (tertiary/aromatic N) is 2. The molecule has 1 amide bonds. The third-order valence-corrected chi connectivity index (χ3v) is 4.13. The van der Waals surface area contributed by atoms with E-state index in [9.17, 15) is 4.79 Å². The molecule has 2 rings (SSSR count). The third kappa shape index (κ3) is 3.48. The maximum atomic E-state index is 12.2. The van der Waals surface area contributed by atoms with Gasteiger partial charge in [0.05, 0.1) is 11.2 Å². The Morgan fingerprint density at radius 1 is 1.50 bits per heavy atom. The number of hydrogen-bond acceptors (Lipinski definition) is 3. The van der Waals surface area contributed by atoms with Crippen molar-refractivity contribution in [3.63, 3.8) is 0 Å². The Kier molecular flexibility index (Phi) is 4.63. The van der Waals surface area contributed by atoms with Crippen LogP contribution in [0.4, 0.5) is 0 Å². The Labute approximate surface area is 125 Å². The summed E-state index contributed by atoms with van der Waals surface area (Å²) >= 11 is 6.04. The first kappa shape index (κ1) is 15.2. The van der Waals surface area contributed by atoms with Crippen molar-refractivity contribution in [3.05, 3.63) is 22.7 Å². The molecule has 0 radical (unpaired) electrons. The van der Waals surface area contributed by atoms with Crippen molar-refractivity contribution in [1.82, 2.24) is 15.3 Å². The zero-order valence-corrected chi connectivity index (χ0v) is 13.1. The smallest absolute Gasteiger partial charge is 0.271 e. The molecule has 1 aliphatic rings. The summed E-state index contributed by atoms with van der Waals surface area (Å²) in [4.78, 5) is 20.7. The molecule has 1 heterocycles. The van der Waals surface area contributed by atoms with Gasteiger partial charge in [0.2, 0.25) is 0 Å². The van der Waals surface area contributed by atoms with Gasteiger partial charge in [-0.1, -0.05) is 38.8 Å². The van der Waals surface area contributed by atoms with Crippen LogP contribution in [0.3, 0.4) is 0 Å². The minimum Gasteiger partial charge on any atom is -0.350 e. The van der Waals surface area contributed by atoms with Crippen molar-refractivity contribution in [1.29, 1.82) is 0 Å². The van der Waals surface area contributed by atoms with Crippen molar-refractivity contribution in [2.75, 3.05) is 6.54 Å². The highest BCUT2D eigenvalue weighted by Crippen LogP contribution is 2.48. The number of carbonyl (C=O) groups excluding carboxylic acids is 1. The average Bonchev–Trinajstić information content (AvgIpc) is 3.17. The minimum absolute atomic E-state index is 0.175. The lowest BCUT2D eigenvalue weighted by atomic mass is 10.0. The molecule has 0 spiro atoms. The molecule has 4 nitrogen and oxygen atoms in total. The molecule has 0 aromatic carbocycles.